The third kappa shape index (κ3) is 2.81. The Morgan fingerprint density at radius 1 is 1.47 bits per heavy atom. The van der Waals surface area contributed by atoms with E-state index in [0.717, 1.165) is 12.1 Å². The van der Waals surface area contributed by atoms with Gasteiger partial charge in [0.15, 0.2) is 0 Å². The van der Waals surface area contributed by atoms with E-state index in [1.54, 1.807) is 21.1 Å². The fraction of sp³-hybridized carbons (Fsp3) is 0.667. The molecule has 2 heterocycles. The summed E-state index contributed by atoms with van der Waals surface area (Å²) in [7, 11) is 2.38. The monoisotopic (exact) mass is 305 g/mol. The van der Waals surface area contributed by atoms with Gasteiger partial charge in [-0.2, -0.15) is 4.31 Å². The highest BCUT2D eigenvalue weighted by molar-refractivity contribution is 7.89. The molecule has 1 aliphatic heterocycles. The Kier molecular flexibility index (Phi) is 4.25. The number of nitrogens with zero attached hydrogens (tertiary/aromatic N) is 3. The molecule has 108 valence electrons. The number of alkyl halides is 1. The van der Waals surface area contributed by atoms with Gasteiger partial charge in [-0.05, 0) is 26.6 Å². The lowest BCUT2D eigenvalue weighted by Crippen LogP contribution is -2.34. The van der Waals surface area contributed by atoms with E-state index in [9.17, 15) is 8.42 Å². The number of aryl methyl sites for hydroxylation is 1. The molecule has 0 aliphatic carbocycles. The lowest BCUT2D eigenvalue weighted by Gasteiger charge is -2.19. The minimum Gasteiger partial charge on any atom is -0.352 e. The second kappa shape index (κ2) is 5.44. The zero-order chi connectivity index (χ0) is 14.2. The van der Waals surface area contributed by atoms with Gasteiger partial charge in [0, 0.05) is 38.1 Å². The number of rotatable bonds is 4. The van der Waals surface area contributed by atoms with Crippen LogP contribution in [-0.4, -0.2) is 55.4 Å². The molecule has 1 aliphatic rings. The molecule has 7 heteroatoms. The second-order valence-electron chi connectivity index (χ2n) is 5.18. The van der Waals surface area contributed by atoms with Crippen molar-refractivity contribution in [3.8, 4) is 0 Å². The fourth-order valence-corrected chi connectivity index (χ4v) is 4.20. The molecule has 0 amide bonds. The van der Waals surface area contributed by atoms with E-state index in [2.05, 4.69) is 4.90 Å². The van der Waals surface area contributed by atoms with Gasteiger partial charge in [0.05, 0.1) is 5.88 Å². The first-order valence-electron chi connectivity index (χ1n) is 6.24. The van der Waals surface area contributed by atoms with Crippen molar-refractivity contribution < 1.29 is 8.42 Å². The number of halogens is 1. The maximum Gasteiger partial charge on any atom is 0.244 e. The summed E-state index contributed by atoms with van der Waals surface area (Å²) < 4.78 is 28.4. The van der Waals surface area contributed by atoms with Crippen molar-refractivity contribution in [2.45, 2.75) is 23.2 Å². The molecular weight excluding hydrogens is 286 g/mol. The van der Waals surface area contributed by atoms with Gasteiger partial charge in [-0.3, -0.25) is 0 Å². The summed E-state index contributed by atoms with van der Waals surface area (Å²) in [5, 5.41) is 0. The van der Waals surface area contributed by atoms with Gasteiger partial charge in [0.2, 0.25) is 10.0 Å². The number of sulfonamides is 1. The van der Waals surface area contributed by atoms with Crippen molar-refractivity contribution in [1.82, 2.24) is 13.8 Å². The highest BCUT2D eigenvalue weighted by Gasteiger charge is 2.34. The number of hydrogen-bond acceptors (Lipinski definition) is 3. The summed E-state index contributed by atoms with van der Waals surface area (Å²) in [6.45, 7) is 1.14. The lowest BCUT2D eigenvalue weighted by atomic mass is 10.2. The fourth-order valence-electron chi connectivity index (χ4n) is 2.35. The average molecular weight is 306 g/mol. The first-order chi connectivity index (χ1) is 8.86. The minimum atomic E-state index is -3.39. The van der Waals surface area contributed by atoms with Gasteiger partial charge in [-0.25, -0.2) is 8.42 Å². The molecule has 19 heavy (non-hydrogen) atoms. The molecule has 1 saturated heterocycles. The third-order valence-electron chi connectivity index (χ3n) is 3.71. The lowest BCUT2D eigenvalue weighted by molar-refractivity contribution is 0.302. The van der Waals surface area contributed by atoms with Gasteiger partial charge >= 0.3 is 0 Å². The van der Waals surface area contributed by atoms with Crippen LogP contribution in [0.25, 0.3) is 0 Å². The largest absolute Gasteiger partial charge is 0.352 e. The van der Waals surface area contributed by atoms with Crippen molar-refractivity contribution in [2.75, 3.05) is 27.2 Å². The number of hydrogen-bond donors (Lipinski definition) is 0. The summed E-state index contributed by atoms with van der Waals surface area (Å²) in [6, 6.07) is 1.96. The molecule has 0 spiro atoms. The van der Waals surface area contributed by atoms with Gasteiger partial charge < -0.3 is 9.47 Å². The molecular formula is C12H20ClN3O2S. The predicted molar refractivity (Wildman–Crippen MR) is 75.8 cm³/mol. The first kappa shape index (κ1) is 14.8. The molecule has 0 N–H and O–H groups in total. The van der Waals surface area contributed by atoms with Gasteiger partial charge in [0.25, 0.3) is 0 Å². The molecule has 0 bridgehead atoms. The Balaban J connectivity index is 2.23. The van der Waals surface area contributed by atoms with Gasteiger partial charge in [-0.1, -0.05) is 0 Å². The van der Waals surface area contributed by atoms with Crippen molar-refractivity contribution in [3.63, 3.8) is 0 Å². The molecule has 0 saturated carbocycles. The molecule has 0 aromatic carbocycles. The molecule has 2 rings (SSSR count). The molecule has 1 aromatic rings. The summed E-state index contributed by atoms with van der Waals surface area (Å²) in [5.74, 6) is 0.312. The van der Waals surface area contributed by atoms with Crippen LogP contribution in [0.3, 0.4) is 0 Å². The van der Waals surface area contributed by atoms with E-state index in [0.29, 0.717) is 29.9 Å². The van der Waals surface area contributed by atoms with Crippen LogP contribution >= 0.6 is 11.6 Å². The summed E-state index contributed by atoms with van der Waals surface area (Å²) in [5.41, 5.74) is 0.809. The van der Waals surface area contributed by atoms with Crippen LogP contribution in [-0.2, 0) is 23.0 Å². The van der Waals surface area contributed by atoms with E-state index >= 15 is 0 Å². The Morgan fingerprint density at radius 2 is 2.16 bits per heavy atom. The molecule has 1 atom stereocenters. The maximum absolute atomic E-state index is 12.5. The van der Waals surface area contributed by atoms with Crippen LogP contribution in [0.1, 0.15) is 12.1 Å². The topological polar surface area (TPSA) is 45.6 Å². The summed E-state index contributed by atoms with van der Waals surface area (Å²) in [6.07, 6.45) is 2.51. The van der Waals surface area contributed by atoms with Crippen molar-refractivity contribution in [3.05, 3.63) is 18.0 Å². The Morgan fingerprint density at radius 3 is 2.63 bits per heavy atom. The van der Waals surface area contributed by atoms with Crippen LogP contribution in [0.2, 0.25) is 0 Å². The van der Waals surface area contributed by atoms with E-state index in [1.807, 2.05) is 21.1 Å². The highest BCUT2D eigenvalue weighted by Crippen LogP contribution is 2.24. The zero-order valence-corrected chi connectivity index (χ0v) is 13.1. The van der Waals surface area contributed by atoms with E-state index in [4.69, 9.17) is 11.6 Å². The SMILES string of the molecule is CN(C)C1CCN(S(=O)(=O)c2cc(CCl)n(C)c2)C1. The van der Waals surface area contributed by atoms with Crippen LogP contribution in [0.5, 0.6) is 0 Å². The van der Waals surface area contributed by atoms with Crippen molar-refractivity contribution in [2.24, 2.45) is 7.05 Å². The number of likely N-dealkylation sites (N-methyl/N-ethyl adjacent to an activating group) is 1. The average Bonchev–Trinajstić information content (AvgIpc) is 2.95. The zero-order valence-electron chi connectivity index (χ0n) is 11.5. The smallest absolute Gasteiger partial charge is 0.244 e. The van der Waals surface area contributed by atoms with Crippen molar-refractivity contribution in [1.29, 1.82) is 0 Å². The third-order valence-corrected chi connectivity index (χ3v) is 5.82. The normalized spacial score (nSPS) is 21.4. The molecule has 1 aromatic heterocycles. The molecule has 1 fully saturated rings. The van der Waals surface area contributed by atoms with Gasteiger partial charge in [-0.15, -0.1) is 11.6 Å². The molecule has 1 unspecified atom stereocenters. The number of aromatic nitrogens is 1. The predicted octanol–water partition coefficient (Wildman–Crippen LogP) is 1.09. The Labute approximate surface area is 119 Å². The maximum atomic E-state index is 12.5. The highest BCUT2D eigenvalue weighted by atomic mass is 35.5. The van der Waals surface area contributed by atoms with Crippen LogP contribution < -0.4 is 0 Å². The summed E-state index contributed by atoms with van der Waals surface area (Å²) >= 11 is 5.78. The van der Waals surface area contributed by atoms with Crippen LogP contribution in [0.15, 0.2) is 17.2 Å². The van der Waals surface area contributed by atoms with E-state index in [-0.39, 0.29) is 0 Å². The van der Waals surface area contributed by atoms with Gasteiger partial charge in [0.1, 0.15) is 4.90 Å². The van der Waals surface area contributed by atoms with Crippen molar-refractivity contribution >= 4 is 21.6 Å². The van der Waals surface area contributed by atoms with E-state index < -0.39 is 10.0 Å². The summed E-state index contributed by atoms with van der Waals surface area (Å²) in [4.78, 5) is 2.41. The Hall–Kier alpha value is -0.560. The van der Waals surface area contributed by atoms with Crippen LogP contribution in [0, 0.1) is 0 Å². The standard InChI is InChI=1S/C12H20ClN3O2S/c1-14(2)10-4-5-16(8-10)19(17,18)12-6-11(7-13)15(3)9-12/h6,9-10H,4-5,7-8H2,1-3H3. The second-order valence-corrected chi connectivity index (χ2v) is 7.39. The minimum absolute atomic E-state index is 0.297. The Bertz CT molecular complexity index is 553. The van der Waals surface area contributed by atoms with E-state index in [1.165, 1.54) is 0 Å². The first-order valence-corrected chi connectivity index (χ1v) is 8.21. The molecule has 0 radical (unpaired) electrons. The molecule has 5 nitrogen and oxygen atoms in total. The van der Waals surface area contributed by atoms with Crippen LogP contribution in [0.4, 0.5) is 0 Å². The quantitative estimate of drug-likeness (QED) is 0.782.